The van der Waals surface area contributed by atoms with Gasteiger partial charge in [0, 0.05) is 8.07 Å². The number of nitrogens with zero attached hydrogens (tertiary/aromatic N) is 1. The van der Waals surface area contributed by atoms with Gasteiger partial charge in [-0.05, 0) is 31.5 Å². The van der Waals surface area contributed by atoms with Crippen molar-refractivity contribution in [2.75, 3.05) is 19.8 Å². The fourth-order valence-electron chi connectivity index (χ4n) is 3.32. The Morgan fingerprint density at radius 2 is 1.93 bits per heavy atom. The molecule has 0 radical (unpaired) electrons. The van der Waals surface area contributed by atoms with Gasteiger partial charge in [0.25, 0.3) is 0 Å². The second-order valence-electron chi connectivity index (χ2n) is 8.93. The maximum Gasteiger partial charge on any atom is 0.163 e. The molecule has 0 aliphatic carbocycles. The molecular formula is C21H33NO4Si. The first-order valence-corrected chi connectivity index (χ1v) is 13.5. The van der Waals surface area contributed by atoms with Crippen LogP contribution in [0.1, 0.15) is 19.4 Å². The van der Waals surface area contributed by atoms with Gasteiger partial charge in [0.1, 0.15) is 17.9 Å². The molecule has 2 atom stereocenters. The van der Waals surface area contributed by atoms with Gasteiger partial charge in [-0.3, -0.25) is 4.84 Å². The molecule has 2 heterocycles. The van der Waals surface area contributed by atoms with Crippen molar-refractivity contribution < 1.29 is 19.0 Å². The van der Waals surface area contributed by atoms with Gasteiger partial charge < -0.3 is 14.2 Å². The van der Waals surface area contributed by atoms with Crippen LogP contribution in [0.25, 0.3) is 0 Å². The smallest absolute Gasteiger partial charge is 0.163 e. The molecule has 1 aromatic carbocycles. The summed E-state index contributed by atoms with van der Waals surface area (Å²) >= 11 is 0. The summed E-state index contributed by atoms with van der Waals surface area (Å²) in [7, 11) is -1.15. The molecule has 1 fully saturated rings. The van der Waals surface area contributed by atoms with Gasteiger partial charge in [-0.15, -0.1) is 0 Å². The summed E-state index contributed by atoms with van der Waals surface area (Å²) in [4.78, 5) is 6.00. The molecule has 0 unspecified atom stereocenters. The molecular weight excluding hydrogens is 358 g/mol. The zero-order valence-electron chi connectivity index (χ0n) is 17.2. The maximum atomic E-state index is 6.26. The highest BCUT2D eigenvalue weighted by Gasteiger charge is 2.44. The van der Waals surface area contributed by atoms with Crippen molar-refractivity contribution in [3.05, 3.63) is 47.7 Å². The summed E-state index contributed by atoms with van der Waals surface area (Å²) in [5.41, 5.74) is 1.20. The molecule has 0 bridgehead atoms. The Morgan fingerprint density at radius 1 is 1.19 bits per heavy atom. The van der Waals surface area contributed by atoms with Crippen LogP contribution >= 0.6 is 0 Å². The van der Waals surface area contributed by atoms with Crippen LogP contribution in [0.15, 0.2) is 42.2 Å². The number of hydroxylamine groups is 2. The Kier molecular flexibility index (Phi) is 6.43. The molecule has 6 heteroatoms. The van der Waals surface area contributed by atoms with Gasteiger partial charge in [-0.25, -0.2) is 0 Å². The zero-order chi connectivity index (χ0) is 19.5. The standard InChI is InChI=1S/C21H33NO4Si/c1-21(2)24-16-19(26-21)20-18(23-13-14-27(3,4)5)11-12-25-22(20)15-17-9-7-6-8-10-17/h6-11,19-20H,12-16H2,1-5H3/t19-,20-/m0/s1. The first kappa shape index (κ1) is 20.5. The third-order valence-electron chi connectivity index (χ3n) is 4.81. The molecule has 2 aliphatic heterocycles. The van der Waals surface area contributed by atoms with E-state index >= 15 is 0 Å². The van der Waals surface area contributed by atoms with Crippen molar-refractivity contribution in [1.82, 2.24) is 5.06 Å². The van der Waals surface area contributed by atoms with Crippen LogP contribution in [0.4, 0.5) is 0 Å². The second kappa shape index (κ2) is 8.45. The Morgan fingerprint density at radius 3 is 2.56 bits per heavy atom. The molecule has 0 saturated carbocycles. The average Bonchev–Trinajstić information content (AvgIpc) is 2.94. The van der Waals surface area contributed by atoms with Crippen LogP contribution in [-0.2, 0) is 25.6 Å². The van der Waals surface area contributed by atoms with Gasteiger partial charge >= 0.3 is 0 Å². The molecule has 1 saturated heterocycles. The van der Waals surface area contributed by atoms with Crippen molar-refractivity contribution in [1.29, 1.82) is 0 Å². The monoisotopic (exact) mass is 391 g/mol. The lowest BCUT2D eigenvalue weighted by Crippen LogP contribution is -2.49. The number of rotatable bonds is 7. The highest BCUT2D eigenvalue weighted by atomic mass is 28.3. The summed E-state index contributed by atoms with van der Waals surface area (Å²) in [6, 6.07) is 11.4. The summed E-state index contributed by atoms with van der Waals surface area (Å²) in [5, 5.41) is 1.99. The van der Waals surface area contributed by atoms with E-state index in [0.29, 0.717) is 19.8 Å². The van der Waals surface area contributed by atoms with Gasteiger partial charge in [0.15, 0.2) is 5.79 Å². The fraction of sp³-hybridized carbons (Fsp3) is 0.619. The molecule has 27 heavy (non-hydrogen) atoms. The molecule has 2 aliphatic rings. The fourth-order valence-corrected chi connectivity index (χ4v) is 4.04. The van der Waals surface area contributed by atoms with E-state index in [0.717, 1.165) is 18.4 Å². The molecule has 3 rings (SSSR count). The van der Waals surface area contributed by atoms with E-state index in [1.807, 2.05) is 43.2 Å². The van der Waals surface area contributed by atoms with E-state index in [-0.39, 0.29) is 12.1 Å². The lowest BCUT2D eigenvalue weighted by atomic mass is 10.1. The summed E-state index contributed by atoms with van der Waals surface area (Å²) < 4.78 is 18.3. The van der Waals surface area contributed by atoms with Crippen molar-refractivity contribution >= 4 is 8.07 Å². The highest BCUT2D eigenvalue weighted by Crippen LogP contribution is 2.32. The van der Waals surface area contributed by atoms with Crippen LogP contribution in [0.5, 0.6) is 0 Å². The predicted octanol–water partition coefficient (Wildman–Crippen LogP) is 4.19. The minimum Gasteiger partial charge on any atom is -0.497 e. The van der Waals surface area contributed by atoms with Gasteiger partial charge in [0.05, 0.1) is 26.4 Å². The summed E-state index contributed by atoms with van der Waals surface area (Å²) in [6.45, 7) is 13.5. The topological polar surface area (TPSA) is 40.2 Å². The van der Waals surface area contributed by atoms with Crippen LogP contribution in [0.2, 0.25) is 25.7 Å². The predicted molar refractivity (Wildman–Crippen MR) is 109 cm³/mol. The molecule has 0 aromatic heterocycles. The minimum atomic E-state index is -1.15. The van der Waals surface area contributed by atoms with E-state index in [4.69, 9.17) is 19.0 Å². The summed E-state index contributed by atoms with van der Waals surface area (Å²) in [5.74, 6) is 0.367. The van der Waals surface area contributed by atoms with Crippen LogP contribution in [0.3, 0.4) is 0 Å². The molecule has 0 amide bonds. The Bertz CT molecular complexity index is 641. The Labute approximate surface area is 164 Å². The van der Waals surface area contributed by atoms with Crippen molar-refractivity contribution in [2.24, 2.45) is 0 Å². The number of hydrogen-bond donors (Lipinski definition) is 0. The second-order valence-corrected chi connectivity index (χ2v) is 14.6. The summed E-state index contributed by atoms with van der Waals surface area (Å²) in [6.07, 6.45) is 1.92. The first-order valence-electron chi connectivity index (χ1n) is 9.82. The largest absolute Gasteiger partial charge is 0.497 e. The number of hydrogen-bond acceptors (Lipinski definition) is 5. The quantitative estimate of drug-likeness (QED) is 0.652. The number of ether oxygens (including phenoxy) is 3. The number of benzene rings is 1. The Hall–Kier alpha value is -1.18. The first-order chi connectivity index (χ1) is 12.7. The van der Waals surface area contributed by atoms with E-state index in [9.17, 15) is 0 Å². The maximum absolute atomic E-state index is 6.26. The van der Waals surface area contributed by atoms with Crippen molar-refractivity contribution in [2.45, 2.75) is 64.0 Å². The van der Waals surface area contributed by atoms with Crippen molar-refractivity contribution in [3.63, 3.8) is 0 Å². The van der Waals surface area contributed by atoms with Gasteiger partial charge in [-0.2, -0.15) is 5.06 Å². The van der Waals surface area contributed by atoms with Gasteiger partial charge in [-0.1, -0.05) is 50.0 Å². The third kappa shape index (κ3) is 5.89. The SMILES string of the molecule is CC1(C)OC[C@@H]([C@@H]2C(OCC[Si](C)(C)C)=CCON2Cc2ccccc2)O1. The lowest BCUT2D eigenvalue weighted by molar-refractivity contribution is -0.224. The molecule has 1 aromatic rings. The minimum absolute atomic E-state index is 0.109. The zero-order valence-corrected chi connectivity index (χ0v) is 18.2. The third-order valence-corrected chi connectivity index (χ3v) is 6.52. The van der Waals surface area contributed by atoms with Crippen LogP contribution < -0.4 is 0 Å². The van der Waals surface area contributed by atoms with Gasteiger partial charge in [0.2, 0.25) is 0 Å². The normalized spacial score (nSPS) is 26.0. The van der Waals surface area contributed by atoms with E-state index in [1.54, 1.807) is 0 Å². The average molecular weight is 392 g/mol. The highest BCUT2D eigenvalue weighted by molar-refractivity contribution is 6.76. The molecule has 5 nitrogen and oxygen atoms in total. The lowest BCUT2D eigenvalue weighted by Gasteiger charge is -2.38. The Balaban J connectivity index is 1.75. The van der Waals surface area contributed by atoms with Crippen molar-refractivity contribution in [3.8, 4) is 0 Å². The van der Waals surface area contributed by atoms with Crippen LogP contribution in [-0.4, -0.2) is 50.9 Å². The molecule has 150 valence electrons. The molecule has 0 N–H and O–H groups in total. The van der Waals surface area contributed by atoms with E-state index in [1.165, 1.54) is 5.56 Å². The van der Waals surface area contributed by atoms with E-state index in [2.05, 4.69) is 31.8 Å². The van der Waals surface area contributed by atoms with E-state index < -0.39 is 13.9 Å². The molecule has 0 spiro atoms. The van der Waals surface area contributed by atoms with Crippen LogP contribution in [0, 0.1) is 0 Å².